The van der Waals surface area contributed by atoms with Crippen LogP contribution in [-0.2, 0) is 0 Å². The zero-order valence-corrected chi connectivity index (χ0v) is 32.3. The van der Waals surface area contributed by atoms with Gasteiger partial charge in [-0.1, -0.05) is 236 Å². The van der Waals surface area contributed by atoms with E-state index in [0.717, 1.165) is 44.5 Å². The van der Waals surface area contributed by atoms with Crippen LogP contribution < -0.4 is 0 Å². The van der Waals surface area contributed by atoms with E-state index in [1.54, 1.807) is 0 Å². The number of halogens is 1. The lowest BCUT2D eigenvalue weighted by Crippen LogP contribution is -1.88. The second-order valence-electron chi connectivity index (χ2n) is 13.9. The molecule has 8 aromatic carbocycles. The molecule has 0 aliphatic rings. The molecular formula is C56H41Cl. The van der Waals surface area contributed by atoms with Crippen LogP contribution in [0.15, 0.2) is 212 Å². The van der Waals surface area contributed by atoms with Gasteiger partial charge in [0.25, 0.3) is 0 Å². The van der Waals surface area contributed by atoms with E-state index < -0.39 is 0 Å². The largest absolute Gasteiger partial charge is 0.0837 e. The summed E-state index contributed by atoms with van der Waals surface area (Å²) in [5, 5.41) is 0.704. The highest BCUT2D eigenvalue weighted by Gasteiger charge is 2.10. The van der Waals surface area contributed by atoms with Crippen molar-refractivity contribution < 1.29 is 0 Å². The topological polar surface area (TPSA) is 0 Å². The first-order chi connectivity index (χ1) is 28.2. The smallest absolute Gasteiger partial charge is 0.0484 e. The zero-order valence-electron chi connectivity index (χ0n) is 31.5. The Bertz CT molecular complexity index is 2570. The SMILES string of the molecule is Clc1cc(C=Cc2ccc(C=C(c3ccccc3)c3ccccc3)cc2)c(-c2ccccc2)cc1C=Cc1ccc(C=C(c2ccccc2)c2ccccc2)cc1. The fraction of sp³-hybridized carbons (Fsp3) is 0. The van der Waals surface area contributed by atoms with Gasteiger partial charge in [-0.05, 0) is 102 Å². The number of rotatable bonds is 11. The van der Waals surface area contributed by atoms with Crippen molar-refractivity contribution in [1.82, 2.24) is 0 Å². The summed E-state index contributed by atoms with van der Waals surface area (Å²) in [6.45, 7) is 0. The van der Waals surface area contributed by atoms with Crippen LogP contribution in [0.5, 0.6) is 0 Å². The normalized spacial score (nSPS) is 11.1. The van der Waals surface area contributed by atoms with Crippen LogP contribution in [0, 0.1) is 0 Å². The number of hydrogen-bond donors (Lipinski definition) is 0. The van der Waals surface area contributed by atoms with E-state index in [1.165, 1.54) is 33.4 Å². The van der Waals surface area contributed by atoms with Crippen molar-refractivity contribution in [2.24, 2.45) is 0 Å². The molecule has 0 amide bonds. The fourth-order valence-electron chi connectivity index (χ4n) is 6.99. The third-order valence-electron chi connectivity index (χ3n) is 10.00. The van der Waals surface area contributed by atoms with E-state index >= 15 is 0 Å². The van der Waals surface area contributed by atoms with Crippen molar-refractivity contribution in [3.63, 3.8) is 0 Å². The minimum atomic E-state index is 0.704. The molecule has 8 aromatic rings. The molecule has 1 heteroatoms. The summed E-state index contributed by atoms with van der Waals surface area (Å²) in [5.74, 6) is 0. The molecule has 8 rings (SSSR count). The molecule has 0 atom stereocenters. The first-order valence-electron chi connectivity index (χ1n) is 19.3. The average Bonchev–Trinajstić information content (AvgIpc) is 3.28. The van der Waals surface area contributed by atoms with E-state index in [0.29, 0.717) is 5.02 Å². The molecule has 0 N–H and O–H groups in total. The summed E-state index contributed by atoms with van der Waals surface area (Å²) >= 11 is 7.01. The molecule has 0 unspecified atom stereocenters. The van der Waals surface area contributed by atoms with Crippen LogP contribution >= 0.6 is 11.6 Å². The summed E-state index contributed by atoms with van der Waals surface area (Å²) in [5.41, 5.74) is 16.0. The Morgan fingerprint density at radius 2 is 0.649 bits per heavy atom. The van der Waals surface area contributed by atoms with Crippen LogP contribution in [0.4, 0.5) is 0 Å². The Hall–Kier alpha value is -6.99. The summed E-state index contributed by atoms with van der Waals surface area (Å²) in [4.78, 5) is 0. The van der Waals surface area contributed by atoms with Gasteiger partial charge in [-0.25, -0.2) is 0 Å². The van der Waals surface area contributed by atoms with Gasteiger partial charge in [-0.2, -0.15) is 0 Å². The molecule has 0 aromatic heterocycles. The van der Waals surface area contributed by atoms with Crippen molar-refractivity contribution in [1.29, 1.82) is 0 Å². The Morgan fingerprint density at radius 1 is 0.316 bits per heavy atom. The highest BCUT2D eigenvalue weighted by Crippen LogP contribution is 2.33. The zero-order chi connectivity index (χ0) is 38.7. The van der Waals surface area contributed by atoms with Gasteiger partial charge < -0.3 is 0 Å². The van der Waals surface area contributed by atoms with Crippen LogP contribution in [0.25, 0.3) is 58.7 Å². The standard InChI is InChI=1S/C56H41Cl/c57-56-41-51(36-34-42-26-30-44(31-27-42)38-53(46-16-6-1-7-17-46)47-18-8-2-9-19-47)55(50-24-14-5-15-25-50)40-52(56)37-35-43-28-32-45(33-29-43)39-54(48-20-10-3-11-21-48)49-22-12-4-13-23-49/h1-41H. The Balaban J connectivity index is 1.04. The quantitative estimate of drug-likeness (QED) is 0.116. The van der Waals surface area contributed by atoms with Gasteiger partial charge in [0.15, 0.2) is 0 Å². The average molecular weight is 749 g/mol. The molecule has 0 saturated carbocycles. The molecule has 0 spiro atoms. The molecule has 57 heavy (non-hydrogen) atoms. The summed E-state index contributed by atoms with van der Waals surface area (Å²) in [7, 11) is 0. The maximum absolute atomic E-state index is 7.01. The Kier molecular flexibility index (Phi) is 11.7. The van der Waals surface area contributed by atoms with Crippen molar-refractivity contribution in [2.45, 2.75) is 0 Å². The monoisotopic (exact) mass is 748 g/mol. The highest BCUT2D eigenvalue weighted by atomic mass is 35.5. The van der Waals surface area contributed by atoms with Crippen LogP contribution in [0.1, 0.15) is 55.6 Å². The number of hydrogen-bond acceptors (Lipinski definition) is 0. The third-order valence-corrected chi connectivity index (χ3v) is 10.3. The Morgan fingerprint density at radius 3 is 1.04 bits per heavy atom. The van der Waals surface area contributed by atoms with Gasteiger partial charge in [0.05, 0.1) is 0 Å². The predicted molar refractivity (Wildman–Crippen MR) is 247 cm³/mol. The molecule has 0 nitrogen and oxygen atoms in total. The molecule has 0 aliphatic carbocycles. The van der Waals surface area contributed by atoms with Gasteiger partial charge in [-0.3, -0.25) is 0 Å². The molecule has 0 saturated heterocycles. The van der Waals surface area contributed by atoms with Gasteiger partial charge in [0, 0.05) is 5.02 Å². The van der Waals surface area contributed by atoms with Gasteiger partial charge in [-0.15, -0.1) is 0 Å². The summed E-state index contributed by atoms with van der Waals surface area (Å²) in [6.07, 6.45) is 13.1. The van der Waals surface area contributed by atoms with Crippen molar-refractivity contribution in [3.8, 4) is 11.1 Å². The van der Waals surface area contributed by atoms with E-state index in [9.17, 15) is 0 Å². The summed E-state index contributed by atoms with van der Waals surface area (Å²) < 4.78 is 0. The second kappa shape index (κ2) is 18.1. The summed E-state index contributed by atoms with van der Waals surface area (Å²) in [6, 6.07) is 74.4. The first kappa shape index (κ1) is 37.0. The first-order valence-corrected chi connectivity index (χ1v) is 19.6. The molecule has 0 heterocycles. The van der Waals surface area contributed by atoms with Crippen molar-refractivity contribution in [3.05, 3.63) is 273 Å². The van der Waals surface area contributed by atoms with Crippen molar-refractivity contribution >= 4 is 59.2 Å². The second-order valence-corrected chi connectivity index (χ2v) is 14.3. The van der Waals surface area contributed by atoms with Gasteiger partial charge in [0.2, 0.25) is 0 Å². The van der Waals surface area contributed by atoms with E-state index in [4.69, 9.17) is 11.6 Å². The van der Waals surface area contributed by atoms with Gasteiger partial charge in [0.1, 0.15) is 0 Å². The molecular weight excluding hydrogens is 708 g/mol. The molecule has 272 valence electrons. The van der Waals surface area contributed by atoms with Crippen LogP contribution in [0.2, 0.25) is 5.02 Å². The van der Waals surface area contributed by atoms with Crippen molar-refractivity contribution in [2.75, 3.05) is 0 Å². The maximum atomic E-state index is 7.01. The Labute approximate surface area is 341 Å². The lowest BCUT2D eigenvalue weighted by molar-refractivity contribution is 1.55. The third kappa shape index (κ3) is 9.46. The van der Waals surface area contributed by atoms with E-state index in [2.05, 4.69) is 243 Å². The minimum absolute atomic E-state index is 0.704. The van der Waals surface area contributed by atoms with Crippen LogP contribution in [0.3, 0.4) is 0 Å². The van der Waals surface area contributed by atoms with E-state index in [1.807, 2.05) is 6.07 Å². The van der Waals surface area contributed by atoms with Gasteiger partial charge >= 0.3 is 0 Å². The highest BCUT2D eigenvalue weighted by molar-refractivity contribution is 6.32. The maximum Gasteiger partial charge on any atom is 0.0484 e. The number of benzene rings is 8. The lowest BCUT2D eigenvalue weighted by Gasteiger charge is -2.11. The molecule has 0 aliphatic heterocycles. The van der Waals surface area contributed by atoms with Crippen LogP contribution in [-0.4, -0.2) is 0 Å². The minimum Gasteiger partial charge on any atom is -0.0837 e. The fourth-order valence-corrected chi connectivity index (χ4v) is 7.22. The molecule has 0 radical (unpaired) electrons. The molecule has 0 bridgehead atoms. The lowest BCUT2D eigenvalue weighted by atomic mass is 9.95. The predicted octanol–water partition coefficient (Wildman–Crippen LogP) is 15.5. The van der Waals surface area contributed by atoms with E-state index in [-0.39, 0.29) is 0 Å². The molecule has 0 fully saturated rings.